The van der Waals surface area contributed by atoms with Crippen molar-refractivity contribution < 1.29 is 9.47 Å². The van der Waals surface area contributed by atoms with Crippen LogP contribution in [0.4, 0.5) is 11.4 Å². The Bertz CT molecular complexity index is 1740. The second-order valence-corrected chi connectivity index (χ2v) is 10.7. The minimum atomic E-state index is 0.286. The molecular weight excluding hydrogens is 516 g/mol. The monoisotopic (exact) mass is 548 g/mol. The highest BCUT2D eigenvalue weighted by Gasteiger charge is 2.21. The summed E-state index contributed by atoms with van der Waals surface area (Å²) < 4.78 is 13.0. The van der Waals surface area contributed by atoms with Crippen molar-refractivity contribution >= 4 is 11.4 Å². The average molecular weight is 549 g/mol. The number of hydrogen-bond acceptors (Lipinski definition) is 2. The van der Waals surface area contributed by atoms with E-state index in [0.29, 0.717) is 22.6 Å². The SMILES string of the molecule is [C-]#[N+]c1c(-c2ccccc2Oc2c(C)cc(C)cc2C)ccc(-c2ccccc2Oc2c(C)cc(C)cc2C)c1[N+]#[C-]. The van der Waals surface area contributed by atoms with Crippen LogP contribution in [0.2, 0.25) is 0 Å². The number of ether oxygens (including phenoxy) is 2. The molecule has 0 aliphatic heterocycles. The van der Waals surface area contributed by atoms with E-state index in [9.17, 15) is 0 Å². The predicted octanol–water partition coefficient (Wildman–Crippen LogP) is 11.6. The van der Waals surface area contributed by atoms with Gasteiger partial charge in [-0.25, -0.2) is 9.69 Å². The molecule has 5 aromatic rings. The Morgan fingerprint density at radius 2 is 0.786 bits per heavy atom. The van der Waals surface area contributed by atoms with Gasteiger partial charge in [-0.15, -0.1) is 0 Å². The lowest BCUT2D eigenvalue weighted by Gasteiger charge is -2.19. The van der Waals surface area contributed by atoms with E-state index in [1.807, 2.05) is 88.4 Å². The van der Waals surface area contributed by atoms with Crippen molar-refractivity contribution in [1.82, 2.24) is 0 Å². The number of para-hydroxylation sites is 2. The molecule has 4 heteroatoms. The molecule has 206 valence electrons. The predicted molar refractivity (Wildman–Crippen MR) is 171 cm³/mol. The molecule has 0 N–H and O–H groups in total. The average Bonchev–Trinajstić information content (AvgIpc) is 2.96. The molecule has 0 heterocycles. The molecule has 0 spiro atoms. The standard InChI is InChI=1S/C38H32N2O2/c1-23-19-25(3)37(26(4)20-23)41-33-15-11-9-13-29(33)31-17-18-32(36(40-8)35(31)39-7)30-14-10-12-16-34(30)42-38-27(5)21-24(2)22-28(38)6/h9-22H,1-6H3. The number of rotatable bonds is 6. The molecular formula is C38H32N2O2. The Morgan fingerprint density at radius 1 is 0.452 bits per heavy atom. The molecule has 0 bridgehead atoms. The molecule has 0 aliphatic carbocycles. The molecule has 0 atom stereocenters. The lowest BCUT2D eigenvalue weighted by molar-refractivity contribution is 0.476. The highest BCUT2D eigenvalue weighted by molar-refractivity contribution is 5.99. The van der Waals surface area contributed by atoms with Crippen molar-refractivity contribution in [1.29, 1.82) is 0 Å². The first-order chi connectivity index (χ1) is 20.2. The van der Waals surface area contributed by atoms with Crippen LogP contribution < -0.4 is 9.47 Å². The van der Waals surface area contributed by atoms with Gasteiger partial charge in [-0.1, -0.05) is 83.9 Å². The van der Waals surface area contributed by atoms with Crippen molar-refractivity contribution in [3.05, 3.63) is 141 Å². The van der Waals surface area contributed by atoms with Gasteiger partial charge in [-0.3, -0.25) is 0 Å². The minimum absolute atomic E-state index is 0.286. The number of benzene rings is 5. The first kappa shape index (κ1) is 28.2. The van der Waals surface area contributed by atoms with Crippen molar-refractivity contribution in [2.24, 2.45) is 0 Å². The molecule has 0 radical (unpaired) electrons. The zero-order valence-corrected chi connectivity index (χ0v) is 24.8. The van der Waals surface area contributed by atoms with Crippen LogP contribution in [0.5, 0.6) is 23.0 Å². The smallest absolute Gasteiger partial charge is 0.203 e. The fourth-order valence-electron chi connectivity index (χ4n) is 5.67. The lowest BCUT2D eigenvalue weighted by atomic mass is 9.95. The van der Waals surface area contributed by atoms with Crippen LogP contribution in [0.25, 0.3) is 31.9 Å². The van der Waals surface area contributed by atoms with E-state index in [4.69, 9.17) is 22.6 Å². The molecule has 42 heavy (non-hydrogen) atoms. The van der Waals surface area contributed by atoms with E-state index in [1.165, 1.54) is 11.1 Å². The minimum Gasteiger partial charge on any atom is -0.456 e. The van der Waals surface area contributed by atoms with E-state index in [1.54, 1.807) is 0 Å². The third-order valence-electron chi connectivity index (χ3n) is 7.36. The first-order valence-corrected chi connectivity index (χ1v) is 13.8. The van der Waals surface area contributed by atoms with Crippen LogP contribution in [0.15, 0.2) is 84.9 Å². The summed E-state index contributed by atoms with van der Waals surface area (Å²) in [7, 11) is 0. The third-order valence-corrected chi connectivity index (χ3v) is 7.36. The van der Waals surface area contributed by atoms with Crippen molar-refractivity contribution in [2.75, 3.05) is 0 Å². The maximum Gasteiger partial charge on any atom is 0.203 e. The Balaban J connectivity index is 1.63. The molecule has 0 aromatic heterocycles. The number of hydrogen-bond donors (Lipinski definition) is 0. The first-order valence-electron chi connectivity index (χ1n) is 13.8. The molecule has 0 saturated heterocycles. The lowest BCUT2D eigenvalue weighted by Crippen LogP contribution is -1.95. The summed E-state index contributed by atoms with van der Waals surface area (Å²) in [4.78, 5) is 7.78. The second kappa shape index (κ2) is 11.7. The number of nitrogens with zero attached hydrogens (tertiary/aromatic N) is 2. The van der Waals surface area contributed by atoms with E-state index < -0.39 is 0 Å². The van der Waals surface area contributed by atoms with Gasteiger partial charge in [0.1, 0.15) is 23.0 Å². The largest absolute Gasteiger partial charge is 0.456 e. The Labute approximate surface area is 248 Å². The topological polar surface area (TPSA) is 27.2 Å². The van der Waals surface area contributed by atoms with Crippen LogP contribution in [0, 0.1) is 54.7 Å². The van der Waals surface area contributed by atoms with Crippen LogP contribution in [-0.2, 0) is 0 Å². The Hall–Kier alpha value is -5.32. The highest BCUT2D eigenvalue weighted by Crippen LogP contribution is 2.50. The molecule has 4 nitrogen and oxygen atoms in total. The molecule has 0 amide bonds. The summed E-state index contributed by atoms with van der Waals surface area (Å²) in [5, 5.41) is 0. The van der Waals surface area contributed by atoms with Crippen molar-refractivity contribution in [3.8, 4) is 45.3 Å². The molecule has 5 rings (SSSR count). The van der Waals surface area contributed by atoms with Gasteiger partial charge in [0, 0.05) is 11.1 Å². The van der Waals surface area contributed by atoms with E-state index in [2.05, 4.69) is 47.8 Å². The van der Waals surface area contributed by atoms with E-state index in [0.717, 1.165) is 44.9 Å². The summed E-state index contributed by atoms with van der Waals surface area (Å²) in [5.41, 5.74) is 9.92. The third kappa shape index (κ3) is 5.36. The molecule has 0 saturated carbocycles. The zero-order valence-electron chi connectivity index (χ0n) is 24.8. The summed E-state index contributed by atoms with van der Waals surface area (Å²) in [5.74, 6) is 2.87. The van der Waals surface area contributed by atoms with Gasteiger partial charge in [-0.05, 0) is 87.1 Å². The number of aryl methyl sites for hydroxylation is 6. The summed E-state index contributed by atoms with van der Waals surface area (Å²) >= 11 is 0. The highest BCUT2D eigenvalue weighted by atomic mass is 16.5. The van der Waals surface area contributed by atoms with E-state index >= 15 is 0 Å². The molecule has 5 aromatic carbocycles. The van der Waals surface area contributed by atoms with Gasteiger partial charge in [0.05, 0.1) is 13.1 Å². The van der Waals surface area contributed by atoms with Crippen LogP contribution >= 0.6 is 0 Å². The second-order valence-electron chi connectivity index (χ2n) is 10.7. The Morgan fingerprint density at radius 3 is 1.12 bits per heavy atom. The van der Waals surface area contributed by atoms with Crippen LogP contribution in [0.3, 0.4) is 0 Å². The van der Waals surface area contributed by atoms with Crippen LogP contribution in [0.1, 0.15) is 33.4 Å². The molecule has 0 aliphatic rings. The van der Waals surface area contributed by atoms with Crippen LogP contribution in [-0.4, -0.2) is 0 Å². The normalized spacial score (nSPS) is 10.6. The summed E-state index contributed by atoms with van der Waals surface area (Å²) in [6.45, 7) is 28.6. The fraction of sp³-hybridized carbons (Fsp3) is 0.158. The van der Waals surface area contributed by atoms with Gasteiger partial charge in [0.2, 0.25) is 11.4 Å². The van der Waals surface area contributed by atoms with Crippen molar-refractivity contribution in [3.63, 3.8) is 0 Å². The van der Waals surface area contributed by atoms with Gasteiger partial charge >= 0.3 is 0 Å². The van der Waals surface area contributed by atoms with Gasteiger partial charge in [0.25, 0.3) is 0 Å². The maximum absolute atomic E-state index is 8.14. The maximum atomic E-state index is 8.14. The van der Waals surface area contributed by atoms with Gasteiger partial charge < -0.3 is 9.47 Å². The molecule has 0 fully saturated rings. The quantitative estimate of drug-likeness (QED) is 0.197. The van der Waals surface area contributed by atoms with Gasteiger partial charge in [-0.2, -0.15) is 0 Å². The van der Waals surface area contributed by atoms with Gasteiger partial charge in [0.15, 0.2) is 0 Å². The molecule has 0 unspecified atom stereocenters. The zero-order chi connectivity index (χ0) is 30.0. The summed E-state index contributed by atoms with van der Waals surface area (Å²) in [6, 6.07) is 27.6. The van der Waals surface area contributed by atoms with E-state index in [-0.39, 0.29) is 11.4 Å². The summed E-state index contributed by atoms with van der Waals surface area (Å²) in [6.07, 6.45) is 0. The fourth-order valence-corrected chi connectivity index (χ4v) is 5.67. The Kier molecular flexibility index (Phi) is 7.83. The van der Waals surface area contributed by atoms with Crippen molar-refractivity contribution in [2.45, 2.75) is 41.5 Å².